The van der Waals surface area contributed by atoms with Gasteiger partial charge in [-0.2, -0.15) is 5.10 Å². The first-order chi connectivity index (χ1) is 11.2. The van der Waals surface area contributed by atoms with Crippen LogP contribution in [-0.2, 0) is 0 Å². The van der Waals surface area contributed by atoms with Crippen LogP contribution in [-0.4, -0.2) is 25.3 Å². The van der Waals surface area contributed by atoms with E-state index in [1.807, 2.05) is 31.2 Å². The van der Waals surface area contributed by atoms with E-state index in [0.29, 0.717) is 30.3 Å². The maximum atomic E-state index is 12.1. The predicted octanol–water partition coefficient (Wildman–Crippen LogP) is 2.92. The Morgan fingerprint density at radius 1 is 1.09 bits per heavy atom. The molecule has 0 radical (unpaired) electrons. The summed E-state index contributed by atoms with van der Waals surface area (Å²) < 4.78 is 11.1. The van der Waals surface area contributed by atoms with Crippen LogP contribution in [0.4, 0.5) is 0 Å². The molecule has 23 heavy (non-hydrogen) atoms. The van der Waals surface area contributed by atoms with Gasteiger partial charge in [0.1, 0.15) is 0 Å². The van der Waals surface area contributed by atoms with E-state index >= 15 is 0 Å². The van der Waals surface area contributed by atoms with Gasteiger partial charge in [-0.25, -0.2) is 5.43 Å². The Hall–Kier alpha value is -2.82. The van der Waals surface area contributed by atoms with Crippen molar-refractivity contribution in [3.05, 3.63) is 59.2 Å². The lowest BCUT2D eigenvalue weighted by molar-refractivity contribution is 0.0954. The Kier molecular flexibility index (Phi) is 4.57. The second kappa shape index (κ2) is 6.96. The number of nitrogens with zero attached hydrogens (tertiary/aromatic N) is 1. The highest BCUT2D eigenvalue weighted by molar-refractivity contribution is 5.95. The molecule has 1 N–H and O–H groups in total. The predicted molar refractivity (Wildman–Crippen MR) is 88.3 cm³/mol. The Labute approximate surface area is 134 Å². The van der Waals surface area contributed by atoms with Crippen LogP contribution in [0, 0.1) is 6.92 Å². The van der Waals surface area contributed by atoms with Gasteiger partial charge in [-0.15, -0.1) is 0 Å². The van der Waals surface area contributed by atoms with E-state index in [1.165, 1.54) is 5.56 Å². The fraction of sp³-hybridized carbons (Fsp3) is 0.222. The Morgan fingerprint density at radius 3 is 2.61 bits per heavy atom. The summed E-state index contributed by atoms with van der Waals surface area (Å²) in [7, 11) is 0. The van der Waals surface area contributed by atoms with Crippen LogP contribution in [0.5, 0.6) is 11.5 Å². The molecule has 0 saturated carbocycles. The summed E-state index contributed by atoms with van der Waals surface area (Å²) in [4.78, 5) is 12.1. The van der Waals surface area contributed by atoms with Gasteiger partial charge < -0.3 is 9.47 Å². The molecule has 2 aromatic rings. The van der Waals surface area contributed by atoms with Crippen molar-refractivity contribution in [2.45, 2.75) is 13.3 Å². The van der Waals surface area contributed by atoms with Crippen molar-refractivity contribution in [2.24, 2.45) is 5.10 Å². The van der Waals surface area contributed by atoms with E-state index in [-0.39, 0.29) is 5.91 Å². The molecule has 0 aliphatic carbocycles. The number of carbonyl (C=O) groups is 1. The number of ether oxygens (including phenoxy) is 2. The summed E-state index contributed by atoms with van der Waals surface area (Å²) in [5, 5.41) is 3.98. The molecule has 2 aromatic carbocycles. The topological polar surface area (TPSA) is 59.9 Å². The van der Waals surface area contributed by atoms with Crippen molar-refractivity contribution >= 4 is 12.1 Å². The van der Waals surface area contributed by atoms with Crippen LogP contribution < -0.4 is 14.9 Å². The number of amides is 1. The number of carbonyl (C=O) groups excluding carboxylic acids is 1. The summed E-state index contributed by atoms with van der Waals surface area (Å²) >= 11 is 0. The lowest BCUT2D eigenvalue weighted by atomic mass is 10.2. The first kappa shape index (κ1) is 15.1. The van der Waals surface area contributed by atoms with Crippen molar-refractivity contribution in [2.75, 3.05) is 13.2 Å². The molecule has 0 unspecified atom stereocenters. The number of hydrazone groups is 1. The Bertz CT molecular complexity index is 724. The maximum Gasteiger partial charge on any atom is 0.271 e. The van der Waals surface area contributed by atoms with E-state index in [2.05, 4.69) is 10.5 Å². The SMILES string of the molecule is Cc1ccc(/C=N/NC(=O)c2ccc3c(c2)OCCCO3)cc1. The molecular weight excluding hydrogens is 292 g/mol. The van der Waals surface area contributed by atoms with Crippen LogP contribution in [0.15, 0.2) is 47.6 Å². The molecule has 5 heteroatoms. The standard InChI is InChI=1S/C18H18N2O3/c1-13-3-5-14(6-4-13)12-19-20-18(21)15-7-8-16-17(11-15)23-10-2-9-22-16/h3-8,11-12H,2,9-10H2,1H3,(H,20,21)/b19-12+. The second-order valence-electron chi connectivity index (χ2n) is 5.32. The van der Waals surface area contributed by atoms with Crippen LogP contribution in [0.2, 0.25) is 0 Å². The third-order valence-corrected chi connectivity index (χ3v) is 3.47. The van der Waals surface area contributed by atoms with Crippen LogP contribution >= 0.6 is 0 Å². The fourth-order valence-electron chi connectivity index (χ4n) is 2.19. The summed E-state index contributed by atoms with van der Waals surface area (Å²) in [5.41, 5.74) is 5.10. The minimum atomic E-state index is -0.288. The zero-order chi connectivity index (χ0) is 16.1. The van der Waals surface area contributed by atoms with Crippen molar-refractivity contribution in [1.82, 2.24) is 5.43 Å². The molecule has 1 amide bonds. The highest BCUT2D eigenvalue weighted by atomic mass is 16.5. The third kappa shape index (κ3) is 3.88. The number of rotatable bonds is 3. The minimum absolute atomic E-state index is 0.288. The average Bonchev–Trinajstić information content (AvgIpc) is 2.81. The number of hydrogen-bond donors (Lipinski definition) is 1. The van der Waals surface area contributed by atoms with Gasteiger partial charge in [0.15, 0.2) is 11.5 Å². The van der Waals surface area contributed by atoms with Crippen molar-refractivity contribution in [3.63, 3.8) is 0 Å². The molecule has 1 aliphatic rings. The monoisotopic (exact) mass is 310 g/mol. The van der Waals surface area contributed by atoms with Gasteiger partial charge in [0.2, 0.25) is 0 Å². The first-order valence-corrected chi connectivity index (χ1v) is 7.52. The first-order valence-electron chi connectivity index (χ1n) is 7.52. The molecular formula is C18H18N2O3. The third-order valence-electron chi connectivity index (χ3n) is 3.47. The van der Waals surface area contributed by atoms with Crippen molar-refractivity contribution in [1.29, 1.82) is 0 Å². The second-order valence-corrected chi connectivity index (χ2v) is 5.32. The molecule has 1 aliphatic heterocycles. The van der Waals surface area contributed by atoms with Gasteiger partial charge in [0.05, 0.1) is 19.4 Å². The van der Waals surface area contributed by atoms with E-state index < -0.39 is 0 Å². The lowest BCUT2D eigenvalue weighted by Crippen LogP contribution is -2.17. The molecule has 0 bridgehead atoms. The summed E-state index contributed by atoms with van der Waals surface area (Å²) in [5.74, 6) is 0.976. The molecule has 0 saturated heterocycles. The molecule has 0 atom stereocenters. The van der Waals surface area contributed by atoms with Gasteiger partial charge in [0.25, 0.3) is 5.91 Å². The highest BCUT2D eigenvalue weighted by Crippen LogP contribution is 2.30. The largest absolute Gasteiger partial charge is 0.490 e. The minimum Gasteiger partial charge on any atom is -0.490 e. The number of nitrogens with one attached hydrogen (secondary N) is 1. The number of aryl methyl sites for hydroxylation is 1. The molecule has 3 rings (SSSR count). The number of fused-ring (bicyclic) bond motifs is 1. The summed E-state index contributed by atoms with van der Waals surface area (Å²) in [6.07, 6.45) is 2.44. The van der Waals surface area contributed by atoms with Gasteiger partial charge in [-0.3, -0.25) is 4.79 Å². The van der Waals surface area contributed by atoms with Gasteiger partial charge >= 0.3 is 0 Å². The smallest absolute Gasteiger partial charge is 0.271 e. The van der Waals surface area contributed by atoms with E-state index in [9.17, 15) is 4.79 Å². The van der Waals surface area contributed by atoms with E-state index in [1.54, 1.807) is 24.4 Å². The van der Waals surface area contributed by atoms with Gasteiger partial charge in [0, 0.05) is 12.0 Å². The molecule has 0 aromatic heterocycles. The average molecular weight is 310 g/mol. The molecule has 5 nitrogen and oxygen atoms in total. The quantitative estimate of drug-likeness (QED) is 0.700. The van der Waals surface area contributed by atoms with Gasteiger partial charge in [-0.1, -0.05) is 29.8 Å². The Morgan fingerprint density at radius 2 is 1.83 bits per heavy atom. The Balaban J connectivity index is 1.66. The molecule has 0 spiro atoms. The van der Waals surface area contributed by atoms with Crippen LogP contribution in [0.3, 0.4) is 0 Å². The van der Waals surface area contributed by atoms with Crippen LogP contribution in [0.1, 0.15) is 27.9 Å². The molecule has 1 heterocycles. The van der Waals surface area contributed by atoms with E-state index in [0.717, 1.165) is 12.0 Å². The van der Waals surface area contributed by atoms with Crippen LogP contribution in [0.25, 0.3) is 0 Å². The van der Waals surface area contributed by atoms with Crippen molar-refractivity contribution in [3.8, 4) is 11.5 Å². The zero-order valence-corrected chi connectivity index (χ0v) is 12.9. The van der Waals surface area contributed by atoms with E-state index in [4.69, 9.17) is 9.47 Å². The number of hydrogen-bond acceptors (Lipinski definition) is 4. The summed E-state index contributed by atoms with van der Waals surface area (Å²) in [6.45, 7) is 3.23. The number of benzene rings is 2. The van der Waals surface area contributed by atoms with Gasteiger partial charge in [-0.05, 0) is 30.7 Å². The maximum absolute atomic E-state index is 12.1. The zero-order valence-electron chi connectivity index (χ0n) is 12.9. The van der Waals surface area contributed by atoms with Crippen molar-refractivity contribution < 1.29 is 14.3 Å². The summed E-state index contributed by atoms with van der Waals surface area (Å²) in [6, 6.07) is 13.0. The highest BCUT2D eigenvalue weighted by Gasteiger charge is 2.13. The molecule has 118 valence electrons. The lowest BCUT2D eigenvalue weighted by Gasteiger charge is -2.08. The normalized spacial score (nSPS) is 13.6. The molecule has 0 fully saturated rings. The fourth-order valence-corrected chi connectivity index (χ4v) is 2.19.